The van der Waals surface area contributed by atoms with Gasteiger partial charge in [0.05, 0.1) is 5.71 Å². The Kier molecular flexibility index (Phi) is 2.81. The molecule has 2 aliphatic rings. The first-order valence-electron chi connectivity index (χ1n) is 5.99. The van der Waals surface area contributed by atoms with Crippen LogP contribution < -0.4 is 5.32 Å². The highest BCUT2D eigenvalue weighted by atomic mass is 35.5. The lowest BCUT2D eigenvalue weighted by Crippen LogP contribution is -2.42. The number of hydrogen-bond acceptors (Lipinski definition) is 3. The van der Waals surface area contributed by atoms with Crippen LogP contribution in [0.4, 0.5) is 0 Å². The number of nitrogens with one attached hydrogen (secondary N) is 1. The minimum atomic E-state index is -0.0553. The van der Waals surface area contributed by atoms with Crippen molar-refractivity contribution < 1.29 is 4.84 Å². The van der Waals surface area contributed by atoms with E-state index in [9.17, 15) is 0 Å². The molecule has 1 spiro atoms. The van der Waals surface area contributed by atoms with Crippen LogP contribution in [-0.4, -0.2) is 24.4 Å². The van der Waals surface area contributed by atoms with Gasteiger partial charge in [-0.05, 0) is 30.8 Å². The van der Waals surface area contributed by atoms with Gasteiger partial charge in [0.1, 0.15) is 5.60 Å². The van der Waals surface area contributed by atoms with Gasteiger partial charge in [-0.2, -0.15) is 0 Å². The van der Waals surface area contributed by atoms with E-state index in [0.29, 0.717) is 0 Å². The van der Waals surface area contributed by atoms with E-state index < -0.39 is 0 Å². The lowest BCUT2D eigenvalue weighted by molar-refractivity contribution is -0.0400. The Bertz CT molecular complexity index is 435. The first-order chi connectivity index (χ1) is 8.27. The van der Waals surface area contributed by atoms with Gasteiger partial charge in [-0.1, -0.05) is 28.9 Å². The second kappa shape index (κ2) is 4.31. The van der Waals surface area contributed by atoms with Crippen LogP contribution in [-0.2, 0) is 4.84 Å². The van der Waals surface area contributed by atoms with Crippen LogP contribution in [0, 0.1) is 0 Å². The second-order valence-corrected chi connectivity index (χ2v) is 5.18. The van der Waals surface area contributed by atoms with Crippen molar-refractivity contribution in [3.8, 4) is 0 Å². The zero-order chi connectivity index (χ0) is 11.7. The summed E-state index contributed by atoms with van der Waals surface area (Å²) in [5.74, 6) is 0. The van der Waals surface area contributed by atoms with Crippen LogP contribution in [0.3, 0.4) is 0 Å². The molecule has 17 heavy (non-hydrogen) atoms. The first kappa shape index (κ1) is 11.1. The van der Waals surface area contributed by atoms with Crippen molar-refractivity contribution in [3.05, 3.63) is 34.9 Å². The second-order valence-electron chi connectivity index (χ2n) is 4.75. The Morgan fingerprint density at radius 3 is 2.59 bits per heavy atom. The smallest absolute Gasteiger partial charge is 0.145 e. The molecule has 2 aliphatic heterocycles. The average Bonchev–Trinajstić information content (AvgIpc) is 2.75. The van der Waals surface area contributed by atoms with Crippen LogP contribution in [0.5, 0.6) is 0 Å². The summed E-state index contributed by atoms with van der Waals surface area (Å²) < 4.78 is 0. The summed E-state index contributed by atoms with van der Waals surface area (Å²) in [6.07, 6.45) is 2.98. The molecule has 3 nitrogen and oxygen atoms in total. The Hall–Kier alpha value is -1.06. The maximum Gasteiger partial charge on any atom is 0.145 e. The van der Waals surface area contributed by atoms with E-state index in [1.165, 1.54) is 0 Å². The minimum Gasteiger partial charge on any atom is -0.388 e. The molecule has 1 aromatic carbocycles. The number of nitrogens with zero attached hydrogens (tertiary/aromatic N) is 1. The molecule has 4 heteroatoms. The average molecular weight is 251 g/mol. The van der Waals surface area contributed by atoms with Crippen molar-refractivity contribution in [2.45, 2.75) is 24.9 Å². The maximum absolute atomic E-state index is 5.88. The van der Waals surface area contributed by atoms with E-state index >= 15 is 0 Å². The van der Waals surface area contributed by atoms with Crippen LogP contribution in [0.15, 0.2) is 29.4 Å². The molecule has 0 aliphatic carbocycles. The van der Waals surface area contributed by atoms with E-state index in [1.54, 1.807) is 0 Å². The molecule has 0 atom stereocenters. The van der Waals surface area contributed by atoms with E-state index in [2.05, 4.69) is 10.5 Å². The van der Waals surface area contributed by atoms with Crippen LogP contribution >= 0.6 is 11.6 Å². The van der Waals surface area contributed by atoms with Crippen molar-refractivity contribution in [2.75, 3.05) is 13.1 Å². The number of oxime groups is 1. The first-order valence-corrected chi connectivity index (χ1v) is 6.37. The van der Waals surface area contributed by atoms with Gasteiger partial charge in [0.15, 0.2) is 0 Å². The number of benzene rings is 1. The Morgan fingerprint density at radius 1 is 1.18 bits per heavy atom. The summed E-state index contributed by atoms with van der Waals surface area (Å²) in [6.45, 7) is 2.03. The quantitative estimate of drug-likeness (QED) is 0.831. The predicted molar refractivity (Wildman–Crippen MR) is 68.5 cm³/mol. The van der Waals surface area contributed by atoms with Crippen LogP contribution in [0.25, 0.3) is 0 Å². The summed E-state index contributed by atoms with van der Waals surface area (Å²) in [5.41, 5.74) is 2.11. The third-order valence-corrected chi connectivity index (χ3v) is 3.78. The van der Waals surface area contributed by atoms with Crippen molar-refractivity contribution in [1.29, 1.82) is 0 Å². The molecule has 0 bridgehead atoms. The number of halogens is 1. The fourth-order valence-corrected chi connectivity index (χ4v) is 2.60. The molecule has 0 unspecified atom stereocenters. The number of hydrogen-bond donors (Lipinski definition) is 1. The van der Waals surface area contributed by atoms with Crippen LogP contribution in [0.2, 0.25) is 5.02 Å². The van der Waals surface area contributed by atoms with Gasteiger partial charge < -0.3 is 10.2 Å². The Morgan fingerprint density at radius 2 is 1.88 bits per heavy atom. The third-order valence-electron chi connectivity index (χ3n) is 3.53. The van der Waals surface area contributed by atoms with Crippen molar-refractivity contribution in [1.82, 2.24) is 5.32 Å². The van der Waals surface area contributed by atoms with Crippen molar-refractivity contribution >= 4 is 17.3 Å². The normalized spacial score (nSPS) is 22.3. The van der Waals surface area contributed by atoms with E-state index in [-0.39, 0.29) is 5.60 Å². The Labute approximate surface area is 106 Å². The molecule has 1 fully saturated rings. The molecular formula is C13H15ClN2O. The van der Waals surface area contributed by atoms with Gasteiger partial charge in [0, 0.05) is 24.3 Å². The fraction of sp³-hybridized carbons (Fsp3) is 0.462. The SMILES string of the molecule is Clc1ccc(C2=NOC3(CCNCC3)C2)cc1. The minimum absolute atomic E-state index is 0.0553. The Balaban J connectivity index is 1.76. The molecule has 2 heterocycles. The molecule has 3 rings (SSSR count). The molecule has 1 aromatic rings. The van der Waals surface area contributed by atoms with Gasteiger partial charge in [-0.3, -0.25) is 0 Å². The largest absolute Gasteiger partial charge is 0.388 e. The van der Waals surface area contributed by atoms with Gasteiger partial charge in [0.25, 0.3) is 0 Å². The van der Waals surface area contributed by atoms with Gasteiger partial charge in [-0.15, -0.1) is 0 Å². The van der Waals surface area contributed by atoms with E-state index in [1.807, 2.05) is 24.3 Å². The monoisotopic (exact) mass is 250 g/mol. The number of rotatable bonds is 1. The number of piperidine rings is 1. The molecule has 0 amide bonds. The topological polar surface area (TPSA) is 33.6 Å². The summed E-state index contributed by atoms with van der Waals surface area (Å²) in [4.78, 5) is 5.69. The molecule has 0 aromatic heterocycles. The highest BCUT2D eigenvalue weighted by Gasteiger charge is 2.40. The summed E-state index contributed by atoms with van der Waals surface area (Å²) >= 11 is 5.88. The van der Waals surface area contributed by atoms with Gasteiger partial charge in [0.2, 0.25) is 0 Å². The third kappa shape index (κ3) is 2.17. The highest BCUT2D eigenvalue weighted by Crippen LogP contribution is 2.34. The molecule has 0 saturated carbocycles. The van der Waals surface area contributed by atoms with E-state index in [0.717, 1.165) is 48.6 Å². The highest BCUT2D eigenvalue weighted by molar-refractivity contribution is 6.30. The molecule has 90 valence electrons. The molecular weight excluding hydrogens is 236 g/mol. The molecule has 1 saturated heterocycles. The van der Waals surface area contributed by atoms with Gasteiger partial charge in [-0.25, -0.2) is 0 Å². The van der Waals surface area contributed by atoms with Crippen LogP contribution in [0.1, 0.15) is 24.8 Å². The predicted octanol–water partition coefficient (Wildman–Crippen LogP) is 2.59. The van der Waals surface area contributed by atoms with E-state index in [4.69, 9.17) is 16.4 Å². The van der Waals surface area contributed by atoms with Gasteiger partial charge >= 0.3 is 0 Å². The fourth-order valence-electron chi connectivity index (χ4n) is 2.47. The molecule has 0 radical (unpaired) electrons. The zero-order valence-corrected chi connectivity index (χ0v) is 10.3. The van der Waals surface area contributed by atoms with Crippen molar-refractivity contribution in [3.63, 3.8) is 0 Å². The lowest BCUT2D eigenvalue weighted by atomic mass is 9.86. The van der Waals surface area contributed by atoms with Crippen molar-refractivity contribution in [2.24, 2.45) is 5.16 Å². The standard InChI is InChI=1S/C13H15ClN2O/c14-11-3-1-10(2-4-11)12-9-13(17-16-12)5-7-15-8-6-13/h1-4,15H,5-9H2. The lowest BCUT2D eigenvalue weighted by Gasteiger charge is -2.30. The maximum atomic E-state index is 5.88. The zero-order valence-electron chi connectivity index (χ0n) is 9.58. The summed E-state index contributed by atoms with van der Waals surface area (Å²) in [6, 6.07) is 7.80. The summed E-state index contributed by atoms with van der Waals surface area (Å²) in [5, 5.41) is 8.36. The molecule has 1 N–H and O–H groups in total. The summed E-state index contributed by atoms with van der Waals surface area (Å²) in [7, 11) is 0.